The Balaban J connectivity index is 1.32. The molecule has 1 amide bonds. The van der Waals surface area contributed by atoms with Crippen molar-refractivity contribution in [1.29, 1.82) is 0 Å². The van der Waals surface area contributed by atoms with Gasteiger partial charge in [-0.05, 0) is 49.1 Å². The highest BCUT2D eigenvalue weighted by atomic mass is 35.5. The summed E-state index contributed by atoms with van der Waals surface area (Å²) in [5, 5.41) is 1.08. The molecule has 166 valence electrons. The van der Waals surface area contributed by atoms with Gasteiger partial charge in [0, 0.05) is 24.1 Å². The number of halogens is 1. The Morgan fingerprint density at radius 2 is 1.97 bits per heavy atom. The van der Waals surface area contributed by atoms with Crippen LogP contribution in [0.5, 0.6) is 17.2 Å². The van der Waals surface area contributed by atoms with Crippen molar-refractivity contribution in [3.63, 3.8) is 0 Å². The average Bonchev–Trinajstić information content (AvgIpc) is 3.28. The topological polar surface area (TPSA) is 78.2 Å². The molecule has 2 aromatic carbocycles. The van der Waals surface area contributed by atoms with Crippen LogP contribution in [0.1, 0.15) is 30.0 Å². The van der Waals surface area contributed by atoms with Crippen LogP contribution in [0, 0.1) is 6.92 Å². The molecule has 1 unspecified atom stereocenters. The Bertz CT molecular complexity index is 1250. The number of hydrogen-bond acceptors (Lipinski definition) is 6. The zero-order valence-electron chi connectivity index (χ0n) is 17.6. The Morgan fingerprint density at radius 3 is 2.81 bits per heavy atom. The number of aryl methyl sites for hydroxylation is 1. The van der Waals surface area contributed by atoms with Gasteiger partial charge in [-0.1, -0.05) is 17.7 Å². The molecule has 32 heavy (non-hydrogen) atoms. The van der Waals surface area contributed by atoms with Gasteiger partial charge in [-0.15, -0.1) is 0 Å². The molecule has 0 aliphatic carbocycles. The van der Waals surface area contributed by atoms with E-state index in [-0.39, 0.29) is 18.6 Å². The van der Waals surface area contributed by atoms with E-state index in [0.717, 1.165) is 35.1 Å². The molecular formula is C24H22ClNO6. The van der Waals surface area contributed by atoms with E-state index in [9.17, 15) is 9.59 Å². The van der Waals surface area contributed by atoms with E-state index in [1.54, 1.807) is 12.1 Å². The van der Waals surface area contributed by atoms with Crippen molar-refractivity contribution in [3.05, 3.63) is 63.0 Å². The van der Waals surface area contributed by atoms with Crippen LogP contribution >= 0.6 is 11.6 Å². The van der Waals surface area contributed by atoms with Crippen LogP contribution < -0.4 is 19.8 Å². The third-order valence-electron chi connectivity index (χ3n) is 5.88. The van der Waals surface area contributed by atoms with E-state index in [1.807, 2.05) is 30.0 Å². The zero-order chi connectivity index (χ0) is 22.2. The first kappa shape index (κ1) is 20.7. The first-order chi connectivity index (χ1) is 15.5. The van der Waals surface area contributed by atoms with Gasteiger partial charge in [0.2, 0.25) is 0 Å². The summed E-state index contributed by atoms with van der Waals surface area (Å²) in [6.45, 7) is 3.36. The molecule has 8 heteroatoms. The average molecular weight is 456 g/mol. The standard InChI is InChI=1S/C24H22ClNO6/c1-14-9-24(28)32-20-12-21(17(25)11-16(14)20)31-13-23(27)26-6-2-3-18(26)15-4-5-19-22(10-15)30-8-7-29-19/h4-5,9-12,18H,2-3,6-8,13H2,1H3. The molecule has 5 rings (SSSR count). The molecule has 1 aromatic heterocycles. The Kier molecular flexibility index (Phi) is 5.43. The molecule has 1 atom stereocenters. The minimum Gasteiger partial charge on any atom is -0.486 e. The molecule has 1 fully saturated rings. The van der Waals surface area contributed by atoms with Gasteiger partial charge in [0.1, 0.15) is 24.5 Å². The summed E-state index contributed by atoms with van der Waals surface area (Å²) in [5.74, 6) is 1.61. The van der Waals surface area contributed by atoms with Crippen LogP contribution in [0.4, 0.5) is 0 Å². The van der Waals surface area contributed by atoms with E-state index in [1.165, 1.54) is 6.07 Å². The van der Waals surface area contributed by atoms with Crippen LogP contribution in [-0.2, 0) is 4.79 Å². The van der Waals surface area contributed by atoms with Crippen molar-refractivity contribution in [2.75, 3.05) is 26.4 Å². The van der Waals surface area contributed by atoms with Crippen LogP contribution in [0.25, 0.3) is 11.0 Å². The van der Waals surface area contributed by atoms with Crippen molar-refractivity contribution in [1.82, 2.24) is 4.90 Å². The number of amides is 1. The summed E-state index contributed by atoms with van der Waals surface area (Å²) < 4.78 is 22.3. The maximum atomic E-state index is 13.0. The molecule has 2 aliphatic heterocycles. The largest absolute Gasteiger partial charge is 0.486 e. The molecule has 7 nitrogen and oxygen atoms in total. The van der Waals surface area contributed by atoms with E-state index in [0.29, 0.717) is 41.9 Å². The van der Waals surface area contributed by atoms with Crippen molar-refractivity contribution in [2.24, 2.45) is 0 Å². The second-order valence-corrected chi connectivity index (χ2v) is 8.37. The number of carbonyl (C=O) groups is 1. The molecule has 0 saturated carbocycles. The Hall–Kier alpha value is -3.19. The first-order valence-corrected chi connectivity index (χ1v) is 10.9. The maximum Gasteiger partial charge on any atom is 0.336 e. The van der Waals surface area contributed by atoms with Crippen molar-refractivity contribution < 1.29 is 23.4 Å². The number of ether oxygens (including phenoxy) is 3. The summed E-state index contributed by atoms with van der Waals surface area (Å²) in [4.78, 5) is 26.5. The Morgan fingerprint density at radius 1 is 1.16 bits per heavy atom. The highest BCUT2D eigenvalue weighted by Crippen LogP contribution is 2.38. The predicted octanol–water partition coefficient (Wildman–Crippen LogP) is 4.27. The molecule has 2 aliphatic rings. The molecule has 3 heterocycles. The van der Waals surface area contributed by atoms with Crippen molar-refractivity contribution >= 4 is 28.5 Å². The lowest BCUT2D eigenvalue weighted by atomic mass is 10.0. The highest BCUT2D eigenvalue weighted by molar-refractivity contribution is 6.32. The van der Waals surface area contributed by atoms with E-state index < -0.39 is 5.63 Å². The highest BCUT2D eigenvalue weighted by Gasteiger charge is 2.31. The molecule has 1 saturated heterocycles. The molecule has 3 aromatic rings. The Labute approximate surface area is 189 Å². The number of fused-ring (bicyclic) bond motifs is 2. The van der Waals surface area contributed by atoms with Crippen LogP contribution in [0.2, 0.25) is 5.02 Å². The van der Waals surface area contributed by atoms with Crippen molar-refractivity contribution in [3.8, 4) is 17.2 Å². The minimum absolute atomic E-state index is 0.0466. The van der Waals surface area contributed by atoms with Gasteiger partial charge in [0.25, 0.3) is 5.91 Å². The van der Waals surface area contributed by atoms with Crippen LogP contribution in [0.15, 0.2) is 45.6 Å². The second kappa shape index (κ2) is 8.39. The summed E-state index contributed by atoms with van der Waals surface area (Å²) in [7, 11) is 0. The van der Waals surface area contributed by atoms with Gasteiger partial charge < -0.3 is 23.5 Å². The maximum absolute atomic E-state index is 13.0. The van der Waals surface area contributed by atoms with Crippen LogP contribution in [0.3, 0.4) is 0 Å². The zero-order valence-corrected chi connectivity index (χ0v) is 18.3. The molecular weight excluding hydrogens is 434 g/mol. The molecule has 0 N–H and O–H groups in total. The van der Waals surface area contributed by atoms with E-state index in [4.69, 9.17) is 30.2 Å². The van der Waals surface area contributed by atoms with Gasteiger partial charge in [0.05, 0.1) is 11.1 Å². The summed E-state index contributed by atoms with van der Waals surface area (Å²) in [6.07, 6.45) is 1.78. The van der Waals surface area contributed by atoms with Gasteiger partial charge in [0.15, 0.2) is 18.1 Å². The van der Waals surface area contributed by atoms with Gasteiger partial charge in [-0.25, -0.2) is 4.79 Å². The summed E-state index contributed by atoms with van der Waals surface area (Å²) in [6, 6.07) is 10.4. The fraction of sp³-hybridized carbons (Fsp3) is 0.333. The number of hydrogen-bond donors (Lipinski definition) is 0. The third-order valence-corrected chi connectivity index (χ3v) is 6.17. The monoisotopic (exact) mass is 455 g/mol. The van der Waals surface area contributed by atoms with Gasteiger partial charge >= 0.3 is 5.63 Å². The van der Waals surface area contributed by atoms with Gasteiger partial charge in [-0.2, -0.15) is 0 Å². The number of rotatable bonds is 4. The number of carbonyl (C=O) groups excluding carboxylic acids is 1. The fourth-order valence-electron chi connectivity index (χ4n) is 4.33. The first-order valence-electron chi connectivity index (χ1n) is 10.6. The normalized spacial score (nSPS) is 17.6. The van der Waals surface area contributed by atoms with Crippen LogP contribution in [-0.4, -0.2) is 37.2 Å². The summed E-state index contributed by atoms with van der Waals surface area (Å²) in [5.41, 5.74) is 1.71. The minimum atomic E-state index is -0.446. The second-order valence-electron chi connectivity index (χ2n) is 7.96. The van der Waals surface area contributed by atoms with Crippen molar-refractivity contribution in [2.45, 2.75) is 25.8 Å². The number of nitrogens with zero attached hydrogens (tertiary/aromatic N) is 1. The number of benzene rings is 2. The number of likely N-dealkylation sites (tertiary alicyclic amines) is 1. The SMILES string of the molecule is Cc1cc(=O)oc2cc(OCC(=O)N3CCCC3c3ccc4c(c3)OCCO4)c(Cl)cc12. The smallest absolute Gasteiger partial charge is 0.336 e. The quantitative estimate of drug-likeness (QED) is 0.547. The lowest BCUT2D eigenvalue weighted by molar-refractivity contribution is -0.134. The third kappa shape index (κ3) is 3.88. The molecule has 0 bridgehead atoms. The van der Waals surface area contributed by atoms with Gasteiger partial charge in [-0.3, -0.25) is 4.79 Å². The fourth-order valence-corrected chi connectivity index (χ4v) is 4.55. The lowest BCUT2D eigenvalue weighted by Gasteiger charge is -2.27. The van der Waals surface area contributed by atoms with E-state index >= 15 is 0 Å². The summed E-state index contributed by atoms with van der Waals surface area (Å²) >= 11 is 6.35. The molecule has 0 spiro atoms. The van der Waals surface area contributed by atoms with E-state index in [2.05, 4.69) is 0 Å². The molecule has 0 radical (unpaired) electrons. The lowest BCUT2D eigenvalue weighted by Crippen LogP contribution is -2.34. The predicted molar refractivity (Wildman–Crippen MR) is 119 cm³/mol.